The molecule has 1 aromatic carbocycles. The first-order valence-corrected chi connectivity index (χ1v) is 9.74. The molecule has 25 heavy (non-hydrogen) atoms. The van der Waals surface area contributed by atoms with Crippen molar-refractivity contribution in [1.82, 2.24) is 14.9 Å². The summed E-state index contributed by atoms with van der Waals surface area (Å²) in [5.41, 5.74) is 2.09. The Morgan fingerprint density at radius 1 is 1.20 bits per heavy atom. The van der Waals surface area contributed by atoms with Gasteiger partial charge in [-0.2, -0.15) is 0 Å². The number of likely N-dealkylation sites (tertiary alicyclic amines) is 1. The largest absolute Gasteiger partial charge is 0.444 e. The van der Waals surface area contributed by atoms with Gasteiger partial charge in [0, 0.05) is 6.54 Å². The Balaban J connectivity index is 1.26. The average Bonchev–Trinajstić information content (AvgIpc) is 3.17. The molecule has 2 aromatic heterocycles. The van der Waals surface area contributed by atoms with Crippen molar-refractivity contribution in [3.8, 4) is 0 Å². The Morgan fingerprint density at radius 2 is 2.00 bits per heavy atom. The molecule has 0 amide bonds. The third-order valence-corrected chi connectivity index (χ3v) is 5.97. The second kappa shape index (κ2) is 7.14. The Labute approximate surface area is 152 Å². The Kier molecular flexibility index (Phi) is 4.72. The fraction of sp³-hybridized carbons (Fsp3) is 0.474. The van der Waals surface area contributed by atoms with E-state index in [0.717, 1.165) is 54.2 Å². The highest BCUT2D eigenvalue weighted by atomic mass is 32.1. The lowest BCUT2D eigenvalue weighted by atomic mass is 9.97. The van der Waals surface area contributed by atoms with Gasteiger partial charge in [0.15, 0.2) is 5.13 Å². The second-order valence-electron chi connectivity index (χ2n) is 6.84. The van der Waals surface area contributed by atoms with Crippen molar-refractivity contribution >= 4 is 26.7 Å². The maximum Gasteiger partial charge on any atom is 0.208 e. The maximum atomic E-state index is 5.71. The third kappa shape index (κ3) is 3.85. The fourth-order valence-electron chi connectivity index (χ4n) is 3.33. The molecular weight excluding hydrogens is 332 g/mol. The van der Waals surface area contributed by atoms with Gasteiger partial charge in [-0.25, -0.2) is 9.97 Å². The van der Waals surface area contributed by atoms with Crippen molar-refractivity contribution in [2.45, 2.75) is 33.2 Å². The van der Waals surface area contributed by atoms with Crippen LogP contribution in [0.15, 0.2) is 28.7 Å². The molecule has 6 heteroatoms. The highest BCUT2D eigenvalue weighted by Crippen LogP contribution is 2.26. The molecule has 132 valence electrons. The summed E-state index contributed by atoms with van der Waals surface area (Å²) in [6.07, 6.45) is 2.41. The molecular formula is C19H24N4OS. The molecule has 1 aliphatic rings. The number of nitrogens with one attached hydrogen (secondary N) is 1. The number of aryl methyl sites for hydroxylation is 2. The van der Waals surface area contributed by atoms with E-state index in [-0.39, 0.29) is 0 Å². The molecule has 0 radical (unpaired) electrons. The number of fused-ring (bicyclic) bond motifs is 1. The summed E-state index contributed by atoms with van der Waals surface area (Å²) in [5, 5.41) is 4.57. The summed E-state index contributed by atoms with van der Waals surface area (Å²) in [6, 6.07) is 8.31. The predicted octanol–water partition coefficient (Wildman–Crippen LogP) is 4.23. The van der Waals surface area contributed by atoms with Gasteiger partial charge < -0.3 is 9.73 Å². The standard InChI is InChI=1S/C19H24N4OS/c1-13-14(2)24-18(21-13)12-23-9-7-15(8-10-23)11-20-19-22-16-5-3-4-6-17(16)25-19/h3-6,15H,7-12H2,1-2H3,(H,20,22). The monoisotopic (exact) mass is 356 g/mol. The summed E-state index contributed by atoms with van der Waals surface area (Å²) >= 11 is 1.74. The van der Waals surface area contributed by atoms with Crippen LogP contribution >= 0.6 is 11.3 Å². The van der Waals surface area contributed by atoms with Gasteiger partial charge in [0.25, 0.3) is 0 Å². The zero-order chi connectivity index (χ0) is 17.2. The first kappa shape index (κ1) is 16.5. The number of benzene rings is 1. The van der Waals surface area contributed by atoms with E-state index in [9.17, 15) is 0 Å². The minimum Gasteiger partial charge on any atom is -0.444 e. The van der Waals surface area contributed by atoms with Gasteiger partial charge in [0.1, 0.15) is 5.76 Å². The van der Waals surface area contributed by atoms with E-state index in [4.69, 9.17) is 4.42 Å². The number of piperidine rings is 1. The quantitative estimate of drug-likeness (QED) is 0.741. The molecule has 0 atom stereocenters. The summed E-state index contributed by atoms with van der Waals surface area (Å²) in [6.45, 7) is 8.02. The van der Waals surface area contributed by atoms with E-state index in [1.54, 1.807) is 11.3 Å². The fourth-order valence-corrected chi connectivity index (χ4v) is 4.20. The van der Waals surface area contributed by atoms with Crippen LogP contribution in [-0.4, -0.2) is 34.5 Å². The molecule has 1 N–H and O–H groups in total. The molecule has 3 heterocycles. The summed E-state index contributed by atoms with van der Waals surface area (Å²) in [5.74, 6) is 2.49. The van der Waals surface area contributed by atoms with E-state index >= 15 is 0 Å². The smallest absolute Gasteiger partial charge is 0.208 e. The Morgan fingerprint density at radius 3 is 2.72 bits per heavy atom. The highest BCUT2D eigenvalue weighted by Gasteiger charge is 2.21. The number of thiazole rings is 1. The van der Waals surface area contributed by atoms with E-state index in [2.05, 4.69) is 38.4 Å². The minimum atomic E-state index is 0.705. The lowest BCUT2D eigenvalue weighted by Crippen LogP contribution is -2.35. The lowest BCUT2D eigenvalue weighted by Gasteiger charge is -2.31. The maximum absolute atomic E-state index is 5.71. The molecule has 3 aromatic rings. The van der Waals surface area contributed by atoms with Crippen molar-refractivity contribution in [2.24, 2.45) is 5.92 Å². The van der Waals surface area contributed by atoms with E-state index in [0.29, 0.717) is 5.92 Å². The van der Waals surface area contributed by atoms with Crippen LogP contribution in [-0.2, 0) is 6.54 Å². The SMILES string of the molecule is Cc1nc(CN2CCC(CNc3nc4ccccc4s3)CC2)oc1C. The number of aromatic nitrogens is 2. The minimum absolute atomic E-state index is 0.705. The van der Waals surface area contributed by atoms with Gasteiger partial charge in [0.05, 0.1) is 22.5 Å². The van der Waals surface area contributed by atoms with Crippen LogP contribution in [0.5, 0.6) is 0 Å². The third-order valence-electron chi connectivity index (χ3n) is 4.97. The summed E-state index contributed by atoms with van der Waals surface area (Å²) in [7, 11) is 0. The second-order valence-corrected chi connectivity index (χ2v) is 7.87. The van der Waals surface area contributed by atoms with Crippen LogP contribution in [0.2, 0.25) is 0 Å². The number of oxazole rings is 1. The lowest BCUT2D eigenvalue weighted by molar-refractivity contribution is 0.167. The highest BCUT2D eigenvalue weighted by molar-refractivity contribution is 7.22. The molecule has 1 fully saturated rings. The summed E-state index contributed by atoms with van der Waals surface area (Å²) in [4.78, 5) is 11.6. The van der Waals surface area contributed by atoms with Crippen molar-refractivity contribution in [1.29, 1.82) is 0 Å². The van der Waals surface area contributed by atoms with Crippen LogP contribution < -0.4 is 5.32 Å². The van der Waals surface area contributed by atoms with Gasteiger partial charge in [-0.1, -0.05) is 23.5 Å². The molecule has 1 saturated heterocycles. The number of hydrogen-bond donors (Lipinski definition) is 1. The molecule has 0 spiro atoms. The van der Waals surface area contributed by atoms with Gasteiger partial charge in [0.2, 0.25) is 5.89 Å². The van der Waals surface area contributed by atoms with Crippen LogP contribution in [0.4, 0.5) is 5.13 Å². The molecule has 0 unspecified atom stereocenters. The molecule has 0 aliphatic carbocycles. The van der Waals surface area contributed by atoms with Crippen LogP contribution in [0.1, 0.15) is 30.2 Å². The zero-order valence-corrected chi connectivity index (χ0v) is 15.6. The zero-order valence-electron chi connectivity index (χ0n) is 14.8. The average molecular weight is 356 g/mol. The van der Waals surface area contributed by atoms with E-state index in [1.807, 2.05) is 19.9 Å². The number of rotatable bonds is 5. The van der Waals surface area contributed by atoms with Gasteiger partial charge >= 0.3 is 0 Å². The van der Waals surface area contributed by atoms with Crippen molar-refractivity contribution in [3.05, 3.63) is 41.6 Å². The Bertz CT molecular complexity index is 796. The van der Waals surface area contributed by atoms with Gasteiger partial charge in [-0.05, 0) is 57.8 Å². The van der Waals surface area contributed by atoms with Crippen LogP contribution in [0, 0.1) is 19.8 Å². The van der Waals surface area contributed by atoms with Crippen molar-refractivity contribution in [3.63, 3.8) is 0 Å². The topological polar surface area (TPSA) is 54.2 Å². The molecule has 4 rings (SSSR count). The van der Waals surface area contributed by atoms with Crippen molar-refractivity contribution < 1.29 is 4.42 Å². The van der Waals surface area contributed by atoms with Crippen LogP contribution in [0.25, 0.3) is 10.2 Å². The van der Waals surface area contributed by atoms with Crippen molar-refractivity contribution in [2.75, 3.05) is 25.0 Å². The number of para-hydroxylation sites is 1. The molecule has 0 saturated carbocycles. The number of hydrogen-bond acceptors (Lipinski definition) is 6. The van der Waals surface area contributed by atoms with E-state index in [1.165, 1.54) is 17.5 Å². The van der Waals surface area contributed by atoms with Gasteiger partial charge in [-0.3, -0.25) is 4.90 Å². The summed E-state index contributed by atoms with van der Waals surface area (Å²) < 4.78 is 6.95. The number of anilines is 1. The molecule has 5 nitrogen and oxygen atoms in total. The first-order chi connectivity index (χ1) is 12.2. The normalized spacial score (nSPS) is 16.6. The predicted molar refractivity (Wildman–Crippen MR) is 102 cm³/mol. The van der Waals surface area contributed by atoms with Gasteiger partial charge in [-0.15, -0.1) is 0 Å². The Hall–Kier alpha value is -1.92. The molecule has 1 aliphatic heterocycles. The van der Waals surface area contributed by atoms with Crippen LogP contribution in [0.3, 0.4) is 0 Å². The van der Waals surface area contributed by atoms with E-state index < -0.39 is 0 Å². The first-order valence-electron chi connectivity index (χ1n) is 8.92. The number of nitrogens with zero attached hydrogens (tertiary/aromatic N) is 3. The molecule has 0 bridgehead atoms.